The van der Waals surface area contributed by atoms with Crippen molar-refractivity contribution in [2.24, 2.45) is 0 Å². The normalized spacial score (nSPS) is 11.2. The van der Waals surface area contributed by atoms with E-state index in [9.17, 15) is 17.6 Å². The molecule has 0 aliphatic heterocycles. The van der Waals surface area contributed by atoms with Crippen molar-refractivity contribution in [3.05, 3.63) is 59.9 Å². The molecule has 0 heterocycles. The summed E-state index contributed by atoms with van der Waals surface area (Å²) in [6, 6.07) is 12.7. The van der Waals surface area contributed by atoms with Gasteiger partial charge in [-0.25, -0.2) is 17.5 Å². The monoisotopic (exact) mass is 336 g/mol. The molecular formula is C16H17FN2O3S. The highest BCUT2D eigenvalue weighted by molar-refractivity contribution is 7.89. The lowest BCUT2D eigenvalue weighted by Crippen LogP contribution is -2.26. The van der Waals surface area contributed by atoms with Crippen molar-refractivity contribution in [1.29, 1.82) is 0 Å². The van der Waals surface area contributed by atoms with Crippen LogP contribution in [-0.2, 0) is 21.2 Å². The van der Waals surface area contributed by atoms with Gasteiger partial charge in [-0.3, -0.25) is 4.79 Å². The zero-order valence-corrected chi connectivity index (χ0v) is 13.4. The van der Waals surface area contributed by atoms with Crippen LogP contribution in [0.5, 0.6) is 0 Å². The maximum Gasteiger partial charge on any atom is 0.240 e. The smallest absolute Gasteiger partial charge is 0.240 e. The predicted molar refractivity (Wildman–Crippen MR) is 86.0 cm³/mol. The van der Waals surface area contributed by atoms with Crippen molar-refractivity contribution >= 4 is 21.6 Å². The van der Waals surface area contributed by atoms with Crippen LogP contribution >= 0.6 is 0 Å². The number of carbonyl (C=O) groups excluding carboxylic acids is 1. The Bertz CT molecular complexity index is 792. The van der Waals surface area contributed by atoms with Gasteiger partial charge in [0.05, 0.1) is 10.6 Å². The molecular weight excluding hydrogens is 319 g/mol. The van der Waals surface area contributed by atoms with Gasteiger partial charge < -0.3 is 5.32 Å². The Morgan fingerprint density at radius 2 is 1.83 bits per heavy atom. The molecule has 0 spiro atoms. The van der Waals surface area contributed by atoms with Gasteiger partial charge in [-0.2, -0.15) is 0 Å². The molecule has 0 radical (unpaired) electrons. The Morgan fingerprint density at radius 1 is 1.13 bits per heavy atom. The van der Waals surface area contributed by atoms with E-state index < -0.39 is 21.7 Å². The predicted octanol–water partition coefficient (Wildman–Crippen LogP) is 2.31. The molecule has 122 valence electrons. The molecule has 1 amide bonds. The van der Waals surface area contributed by atoms with Crippen molar-refractivity contribution in [1.82, 2.24) is 4.72 Å². The van der Waals surface area contributed by atoms with E-state index in [0.717, 1.165) is 23.8 Å². The maximum atomic E-state index is 13.6. The van der Waals surface area contributed by atoms with Crippen LogP contribution in [0, 0.1) is 5.82 Å². The SMILES string of the molecule is CC(=O)Nc1cc(S(=O)(=O)NCCc2ccccc2)ccc1F. The first kappa shape index (κ1) is 17.1. The van der Waals surface area contributed by atoms with Crippen LogP contribution < -0.4 is 10.0 Å². The summed E-state index contributed by atoms with van der Waals surface area (Å²) in [6.07, 6.45) is 0.541. The first-order valence-electron chi connectivity index (χ1n) is 6.99. The molecule has 0 unspecified atom stereocenters. The minimum atomic E-state index is -3.77. The zero-order valence-electron chi connectivity index (χ0n) is 12.5. The van der Waals surface area contributed by atoms with Gasteiger partial charge in [-0.15, -0.1) is 0 Å². The summed E-state index contributed by atoms with van der Waals surface area (Å²) in [5, 5.41) is 2.26. The quantitative estimate of drug-likeness (QED) is 0.850. The summed E-state index contributed by atoms with van der Waals surface area (Å²) in [5.41, 5.74) is 0.844. The number of hydrogen-bond acceptors (Lipinski definition) is 3. The van der Waals surface area contributed by atoms with Gasteiger partial charge in [0.2, 0.25) is 15.9 Å². The molecule has 2 N–H and O–H groups in total. The van der Waals surface area contributed by atoms with Crippen LogP contribution in [0.25, 0.3) is 0 Å². The van der Waals surface area contributed by atoms with Crippen molar-refractivity contribution in [3.63, 3.8) is 0 Å². The average Bonchev–Trinajstić information content (AvgIpc) is 2.50. The molecule has 0 bridgehead atoms. The number of sulfonamides is 1. The second kappa shape index (κ2) is 7.34. The minimum Gasteiger partial charge on any atom is -0.324 e. The van der Waals surface area contributed by atoms with Gasteiger partial charge >= 0.3 is 0 Å². The van der Waals surface area contributed by atoms with Crippen LogP contribution in [0.15, 0.2) is 53.4 Å². The molecule has 0 aromatic heterocycles. The summed E-state index contributed by atoms with van der Waals surface area (Å²) in [6.45, 7) is 1.44. The van der Waals surface area contributed by atoms with Gasteiger partial charge in [0.25, 0.3) is 0 Å². The van der Waals surface area contributed by atoms with E-state index in [1.54, 1.807) is 0 Å². The molecule has 0 saturated carbocycles. The van der Waals surface area contributed by atoms with Crippen molar-refractivity contribution in [2.75, 3.05) is 11.9 Å². The summed E-state index contributed by atoms with van der Waals surface area (Å²) in [7, 11) is -3.77. The molecule has 2 aromatic carbocycles. The van der Waals surface area contributed by atoms with Crippen molar-refractivity contribution < 1.29 is 17.6 Å². The Kier molecular flexibility index (Phi) is 5.46. The number of nitrogens with one attached hydrogen (secondary N) is 2. The largest absolute Gasteiger partial charge is 0.324 e. The highest BCUT2D eigenvalue weighted by Crippen LogP contribution is 2.19. The van der Waals surface area contributed by atoms with E-state index in [1.165, 1.54) is 6.92 Å². The summed E-state index contributed by atoms with van der Waals surface area (Å²) < 4.78 is 40.5. The highest BCUT2D eigenvalue weighted by atomic mass is 32.2. The molecule has 0 atom stereocenters. The number of hydrogen-bond donors (Lipinski definition) is 2. The lowest BCUT2D eigenvalue weighted by Gasteiger charge is -2.09. The molecule has 0 saturated heterocycles. The molecule has 7 heteroatoms. The minimum absolute atomic E-state index is 0.101. The topological polar surface area (TPSA) is 75.3 Å². The number of halogens is 1. The van der Waals surface area contributed by atoms with Crippen LogP contribution in [-0.4, -0.2) is 20.9 Å². The lowest BCUT2D eigenvalue weighted by atomic mass is 10.2. The molecule has 5 nitrogen and oxygen atoms in total. The number of amides is 1. The Labute approximate surface area is 134 Å². The number of benzene rings is 2. The number of rotatable bonds is 6. The second-order valence-electron chi connectivity index (χ2n) is 4.96. The third-order valence-electron chi connectivity index (χ3n) is 3.11. The average molecular weight is 336 g/mol. The van der Waals surface area contributed by atoms with Gasteiger partial charge in [-0.1, -0.05) is 30.3 Å². The van der Waals surface area contributed by atoms with Gasteiger partial charge in [-0.05, 0) is 30.2 Å². The molecule has 2 aromatic rings. The number of carbonyl (C=O) groups is 1. The van der Waals surface area contributed by atoms with E-state index in [-0.39, 0.29) is 17.1 Å². The second-order valence-corrected chi connectivity index (χ2v) is 6.72. The third-order valence-corrected chi connectivity index (χ3v) is 4.57. The van der Waals surface area contributed by atoms with E-state index >= 15 is 0 Å². The van der Waals surface area contributed by atoms with Crippen LogP contribution in [0.2, 0.25) is 0 Å². The van der Waals surface area contributed by atoms with E-state index in [4.69, 9.17) is 0 Å². The first-order chi connectivity index (χ1) is 10.9. The Morgan fingerprint density at radius 3 is 2.48 bits per heavy atom. The van der Waals surface area contributed by atoms with Crippen LogP contribution in [0.1, 0.15) is 12.5 Å². The fourth-order valence-electron chi connectivity index (χ4n) is 2.01. The summed E-state index contributed by atoms with van der Waals surface area (Å²) in [5.74, 6) is -1.17. The van der Waals surface area contributed by atoms with E-state index in [0.29, 0.717) is 6.42 Å². The molecule has 0 aliphatic carbocycles. The zero-order chi connectivity index (χ0) is 16.9. The fourth-order valence-corrected chi connectivity index (χ4v) is 3.07. The maximum absolute atomic E-state index is 13.6. The summed E-state index contributed by atoms with van der Waals surface area (Å²) in [4.78, 5) is 10.9. The standard InChI is InChI=1S/C16H17FN2O3S/c1-12(20)19-16-11-14(7-8-15(16)17)23(21,22)18-10-9-13-5-3-2-4-6-13/h2-8,11,18H,9-10H2,1H3,(H,19,20). The van der Waals surface area contributed by atoms with E-state index in [2.05, 4.69) is 10.0 Å². The number of anilines is 1. The van der Waals surface area contributed by atoms with Crippen LogP contribution in [0.4, 0.5) is 10.1 Å². The summed E-state index contributed by atoms with van der Waals surface area (Å²) >= 11 is 0. The van der Waals surface area contributed by atoms with E-state index in [1.807, 2.05) is 30.3 Å². The highest BCUT2D eigenvalue weighted by Gasteiger charge is 2.16. The fraction of sp³-hybridized carbons (Fsp3) is 0.188. The van der Waals surface area contributed by atoms with Gasteiger partial charge in [0, 0.05) is 13.5 Å². The molecule has 0 aliphatic rings. The third kappa shape index (κ3) is 4.87. The van der Waals surface area contributed by atoms with Gasteiger partial charge in [0.15, 0.2) is 0 Å². The van der Waals surface area contributed by atoms with Crippen molar-refractivity contribution in [2.45, 2.75) is 18.2 Å². The molecule has 0 fully saturated rings. The van der Waals surface area contributed by atoms with Crippen molar-refractivity contribution in [3.8, 4) is 0 Å². The Balaban J connectivity index is 2.08. The Hall–Kier alpha value is -2.25. The molecule has 2 rings (SSSR count). The van der Waals surface area contributed by atoms with Crippen LogP contribution in [0.3, 0.4) is 0 Å². The lowest BCUT2D eigenvalue weighted by molar-refractivity contribution is -0.114. The van der Waals surface area contributed by atoms with Gasteiger partial charge in [0.1, 0.15) is 5.82 Å². The first-order valence-corrected chi connectivity index (χ1v) is 8.47. The molecule has 23 heavy (non-hydrogen) atoms.